The SMILES string of the molecule is CC(C)Oc1ccc(C(C)NC2CCC(=O)N(C)C2)cc1. The van der Waals surface area contributed by atoms with Crippen molar-refractivity contribution in [2.75, 3.05) is 13.6 Å². The number of likely N-dealkylation sites (tertiary alicyclic amines) is 1. The zero-order chi connectivity index (χ0) is 15.4. The number of nitrogens with zero attached hydrogens (tertiary/aromatic N) is 1. The summed E-state index contributed by atoms with van der Waals surface area (Å²) in [4.78, 5) is 13.3. The quantitative estimate of drug-likeness (QED) is 0.906. The fraction of sp³-hybridized carbons (Fsp3) is 0.588. The van der Waals surface area contributed by atoms with E-state index in [-0.39, 0.29) is 18.1 Å². The van der Waals surface area contributed by atoms with Crippen LogP contribution in [0.1, 0.15) is 45.2 Å². The van der Waals surface area contributed by atoms with Crippen LogP contribution in [0.5, 0.6) is 5.75 Å². The molecule has 4 nitrogen and oxygen atoms in total. The summed E-state index contributed by atoms with van der Waals surface area (Å²) in [7, 11) is 1.87. The minimum Gasteiger partial charge on any atom is -0.491 e. The van der Waals surface area contributed by atoms with Crippen LogP contribution < -0.4 is 10.1 Å². The molecule has 0 saturated carbocycles. The number of nitrogens with one attached hydrogen (secondary N) is 1. The number of hydrogen-bond donors (Lipinski definition) is 1. The standard InChI is InChI=1S/C17H26N2O2/c1-12(2)21-16-8-5-14(6-9-16)13(3)18-15-7-10-17(20)19(4)11-15/h5-6,8-9,12-13,15,18H,7,10-11H2,1-4H3. The molecule has 2 atom stereocenters. The van der Waals surface area contributed by atoms with E-state index in [2.05, 4.69) is 24.4 Å². The minimum atomic E-state index is 0.196. The van der Waals surface area contributed by atoms with E-state index in [1.165, 1.54) is 5.56 Å². The molecule has 1 N–H and O–H groups in total. The zero-order valence-electron chi connectivity index (χ0n) is 13.4. The average molecular weight is 290 g/mol. The molecule has 1 fully saturated rings. The molecule has 4 heteroatoms. The van der Waals surface area contributed by atoms with Gasteiger partial charge in [0.25, 0.3) is 0 Å². The van der Waals surface area contributed by atoms with Gasteiger partial charge in [0, 0.05) is 32.1 Å². The monoisotopic (exact) mass is 290 g/mol. The van der Waals surface area contributed by atoms with E-state index < -0.39 is 0 Å². The highest BCUT2D eigenvalue weighted by molar-refractivity contribution is 5.76. The topological polar surface area (TPSA) is 41.6 Å². The van der Waals surface area contributed by atoms with Crippen molar-refractivity contribution >= 4 is 5.91 Å². The normalized spacial score (nSPS) is 20.7. The third-order valence-electron chi connectivity index (χ3n) is 3.86. The highest BCUT2D eigenvalue weighted by atomic mass is 16.5. The summed E-state index contributed by atoms with van der Waals surface area (Å²) >= 11 is 0. The maximum absolute atomic E-state index is 11.5. The summed E-state index contributed by atoms with van der Waals surface area (Å²) in [5.41, 5.74) is 1.24. The highest BCUT2D eigenvalue weighted by Crippen LogP contribution is 2.20. The van der Waals surface area contributed by atoms with Crippen molar-refractivity contribution in [1.82, 2.24) is 10.2 Å². The Bertz CT molecular complexity index is 470. The molecule has 0 bridgehead atoms. The Morgan fingerprint density at radius 2 is 1.90 bits per heavy atom. The molecule has 1 aliphatic rings. The number of piperidine rings is 1. The van der Waals surface area contributed by atoms with Crippen molar-refractivity contribution in [1.29, 1.82) is 0 Å². The van der Waals surface area contributed by atoms with E-state index in [1.54, 1.807) is 0 Å². The third-order valence-corrected chi connectivity index (χ3v) is 3.86. The van der Waals surface area contributed by atoms with E-state index in [9.17, 15) is 4.79 Å². The van der Waals surface area contributed by atoms with Crippen LogP contribution in [0.3, 0.4) is 0 Å². The van der Waals surface area contributed by atoms with Gasteiger partial charge in [0.15, 0.2) is 0 Å². The molecule has 1 heterocycles. The van der Waals surface area contributed by atoms with Gasteiger partial charge in [0.1, 0.15) is 5.75 Å². The lowest BCUT2D eigenvalue weighted by Gasteiger charge is -2.32. The third kappa shape index (κ3) is 4.46. The van der Waals surface area contributed by atoms with Gasteiger partial charge in [-0.15, -0.1) is 0 Å². The Morgan fingerprint density at radius 3 is 2.48 bits per heavy atom. The molecule has 1 aliphatic heterocycles. The lowest BCUT2D eigenvalue weighted by Crippen LogP contribution is -2.47. The molecule has 0 aromatic heterocycles. The molecular formula is C17H26N2O2. The maximum Gasteiger partial charge on any atom is 0.222 e. The van der Waals surface area contributed by atoms with Gasteiger partial charge >= 0.3 is 0 Å². The second-order valence-electron chi connectivity index (χ2n) is 6.13. The first-order valence-electron chi connectivity index (χ1n) is 7.72. The van der Waals surface area contributed by atoms with Crippen molar-refractivity contribution in [2.24, 2.45) is 0 Å². The first kappa shape index (κ1) is 15.8. The number of carbonyl (C=O) groups is 1. The van der Waals surface area contributed by atoms with Crippen LogP contribution >= 0.6 is 0 Å². The summed E-state index contributed by atoms with van der Waals surface area (Å²) in [6.07, 6.45) is 1.76. The van der Waals surface area contributed by atoms with Gasteiger partial charge in [0.2, 0.25) is 5.91 Å². The van der Waals surface area contributed by atoms with Gasteiger partial charge in [-0.1, -0.05) is 12.1 Å². The van der Waals surface area contributed by atoms with E-state index in [1.807, 2.05) is 37.9 Å². The number of amides is 1. The highest BCUT2D eigenvalue weighted by Gasteiger charge is 2.23. The first-order chi connectivity index (χ1) is 9.95. The molecule has 1 saturated heterocycles. The van der Waals surface area contributed by atoms with Crippen LogP contribution in [0.25, 0.3) is 0 Å². The van der Waals surface area contributed by atoms with Crippen molar-refractivity contribution in [2.45, 2.75) is 51.8 Å². The lowest BCUT2D eigenvalue weighted by atomic mass is 10.0. The molecular weight excluding hydrogens is 264 g/mol. The average Bonchev–Trinajstić information content (AvgIpc) is 2.43. The van der Waals surface area contributed by atoms with Gasteiger partial charge < -0.3 is 15.0 Å². The molecule has 0 spiro atoms. The van der Waals surface area contributed by atoms with Crippen LogP contribution in [-0.4, -0.2) is 36.5 Å². The van der Waals surface area contributed by atoms with Crippen LogP contribution in [0.2, 0.25) is 0 Å². The van der Waals surface area contributed by atoms with E-state index in [0.29, 0.717) is 12.5 Å². The number of likely N-dealkylation sites (N-methyl/N-ethyl adjacent to an activating group) is 1. The zero-order valence-corrected chi connectivity index (χ0v) is 13.4. The van der Waals surface area contributed by atoms with E-state index in [4.69, 9.17) is 4.74 Å². The molecule has 2 rings (SSSR count). The minimum absolute atomic E-state index is 0.196. The summed E-state index contributed by atoms with van der Waals surface area (Å²) < 4.78 is 5.66. The number of hydrogen-bond acceptors (Lipinski definition) is 3. The van der Waals surface area contributed by atoms with E-state index >= 15 is 0 Å². The Balaban J connectivity index is 1.91. The molecule has 1 aromatic rings. The van der Waals surface area contributed by atoms with Crippen molar-refractivity contribution in [3.05, 3.63) is 29.8 Å². The summed E-state index contributed by atoms with van der Waals surface area (Å²) in [5, 5.41) is 3.61. The number of rotatable bonds is 5. The Kier molecular flexibility index (Phi) is 5.23. The molecule has 1 aromatic carbocycles. The van der Waals surface area contributed by atoms with Crippen LogP contribution in [0, 0.1) is 0 Å². The largest absolute Gasteiger partial charge is 0.491 e. The van der Waals surface area contributed by atoms with Crippen LogP contribution in [0.4, 0.5) is 0 Å². The van der Waals surface area contributed by atoms with Gasteiger partial charge in [-0.05, 0) is 44.9 Å². The number of carbonyl (C=O) groups excluding carboxylic acids is 1. The van der Waals surface area contributed by atoms with Gasteiger partial charge in [-0.2, -0.15) is 0 Å². The van der Waals surface area contributed by atoms with Gasteiger partial charge in [-0.3, -0.25) is 4.79 Å². The Hall–Kier alpha value is -1.55. The second-order valence-corrected chi connectivity index (χ2v) is 6.13. The lowest BCUT2D eigenvalue weighted by molar-refractivity contribution is -0.132. The van der Waals surface area contributed by atoms with Crippen molar-refractivity contribution in [3.8, 4) is 5.75 Å². The molecule has 21 heavy (non-hydrogen) atoms. The summed E-state index contributed by atoms with van der Waals surface area (Å²) in [6, 6.07) is 8.88. The van der Waals surface area contributed by atoms with Gasteiger partial charge in [-0.25, -0.2) is 0 Å². The van der Waals surface area contributed by atoms with Gasteiger partial charge in [0.05, 0.1) is 6.10 Å². The van der Waals surface area contributed by atoms with Crippen LogP contribution in [0.15, 0.2) is 24.3 Å². The molecule has 0 aliphatic carbocycles. The number of benzene rings is 1. The molecule has 1 amide bonds. The Labute approximate surface area is 127 Å². The fourth-order valence-corrected chi connectivity index (χ4v) is 2.71. The smallest absolute Gasteiger partial charge is 0.222 e. The van der Waals surface area contributed by atoms with Crippen LogP contribution in [-0.2, 0) is 4.79 Å². The summed E-state index contributed by atoms with van der Waals surface area (Å²) in [5.74, 6) is 1.15. The molecule has 0 radical (unpaired) electrons. The molecule has 2 unspecified atom stereocenters. The predicted molar refractivity (Wildman–Crippen MR) is 84.4 cm³/mol. The maximum atomic E-state index is 11.5. The second kappa shape index (κ2) is 6.94. The molecule has 116 valence electrons. The fourth-order valence-electron chi connectivity index (χ4n) is 2.71. The first-order valence-corrected chi connectivity index (χ1v) is 7.72. The Morgan fingerprint density at radius 1 is 1.24 bits per heavy atom. The number of ether oxygens (including phenoxy) is 1. The predicted octanol–water partition coefficient (Wildman–Crippen LogP) is 2.75. The van der Waals surface area contributed by atoms with Crippen molar-refractivity contribution in [3.63, 3.8) is 0 Å². The van der Waals surface area contributed by atoms with Crippen molar-refractivity contribution < 1.29 is 9.53 Å². The summed E-state index contributed by atoms with van der Waals surface area (Å²) in [6.45, 7) is 7.00. The van der Waals surface area contributed by atoms with E-state index in [0.717, 1.165) is 18.7 Å².